The van der Waals surface area contributed by atoms with Crippen LogP contribution in [0.1, 0.15) is 11.1 Å². The summed E-state index contributed by atoms with van der Waals surface area (Å²) in [7, 11) is 0. The molecule has 0 saturated heterocycles. The Balaban J connectivity index is 1.86. The lowest BCUT2D eigenvalue weighted by molar-refractivity contribution is 0.627. The van der Waals surface area contributed by atoms with Gasteiger partial charge in [-0.15, -0.1) is 0 Å². The lowest BCUT2D eigenvalue weighted by Gasteiger charge is -2.19. The van der Waals surface area contributed by atoms with Gasteiger partial charge in [0.1, 0.15) is 5.82 Å². The van der Waals surface area contributed by atoms with Crippen molar-refractivity contribution in [3.05, 3.63) is 63.9 Å². The summed E-state index contributed by atoms with van der Waals surface area (Å²) in [6.07, 6.45) is 1.00. The number of anilines is 1. The molecule has 0 radical (unpaired) electrons. The molecule has 1 heterocycles. The molecule has 2 aromatic rings. The van der Waals surface area contributed by atoms with Gasteiger partial charge in [0, 0.05) is 23.2 Å². The van der Waals surface area contributed by atoms with Crippen LogP contribution >= 0.6 is 15.9 Å². The summed E-state index contributed by atoms with van der Waals surface area (Å²) in [6.45, 7) is 1.79. The molecule has 0 N–H and O–H groups in total. The lowest BCUT2D eigenvalue weighted by Crippen LogP contribution is -2.19. The second kappa shape index (κ2) is 4.73. The van der Waals surface area contributed by atoms with E-state index in [2.05, 4.69) is 33.0 Å². The molecule has 0 aromatic heterocycles. The van der Waals surface area contributed by atoms with Crippen molar-refractivity contribution in [3.8, 4) is 0 Å². The van der Waals surface area contributed by atoms with Gasteiger partial charge in [0.05, 0.1) is 0 Å². The average molecular weight is 306 g/mol. The van der Waals surface area contributed by atoms with Gasteiger partial charge in [-0.2, -0.15) is 0 Å². The second-order valence-corrected chi connectivity index (χ2v) is 5.49. The molecule has 0 bridgehead atoms. The molecule has 1 aliphatic rings. The van der Waals surface area contributed by atoms with Crippen LogP contribution in [0.5, 0.6) is 0 Å². The van der Waals surface area contributed by atoms with Crippen LogP contribution in [0, 0.1) is 5.82 Å². The Morgan fingerprint density at radius 2 is 2.06 bits per heavy atom. The predicted molar refractivity (Wildman–Crippen MR) is 75.3 cm³/mol. The van der Waals surface area contributed by atoms with Gasteiger partial charge in [-0.1, -0.05) is 34.1 Å². The van der Waals surface area contributed by atoms with Crippen molar-refractivity contribution >= 4 is 21.6 Å². The van der Waals surface area contributed by atoms with E-state index in [0.717, 1.165) is 29.7 Å². The molecule has 0 atom stereocenters. The number of hydrogen-bond acceptors (Lipinski definition) is 1. The van der Waals surface area contributed by atoms with E-state index >= 15 is 0 Å². The molecule has 18 heavy (non-hydrogen) atoms. The van der Waals surface area contributed by atoms with Gasteiger partial charge >= 0.3 is 0 Å². The van der Waals surface area contributed by atoms with Gasteiger partial charge in [0.15, 0.2) is 0 Å². The molecular weight excluding hydrogens is 293 g/mol. The molecule has 0 spiro atoms. The van der Waals surface area contributed by atoms with Crippen LogP contribution in [-0.2, 0) is 13.0 Å². The van der Waals surface area contributed by atoms with Gasteiger partial charge < -0.3 is 4.90 Å². The molecule has 92 valence electrons. The summed E-state index contributed by atoms with van der Waals surface area (Å²) < 4.78 is 14.4. The summed E-state index contributed by atoms with van der Waals surface area (Å²) in [5.74, 6) is -0.158. The van der Waals surface area contributed by atoms with E-state index in [4.69, 9.17) is 0 Å². The minimum absolute atomic E-state index is 0.158. The van der Waals surface area contributed by atoms with Crippen LogP contribution < -0.4 is 4.90 Å². The first-order chi connectivity index (χ1) is 8.72. The lowest BCUT2D eigenvalue weighted by atomic mass is 10.1. The van der Waals surface area contributed by atoms with E-state index in [1.807, 2.05) is 18.2 Å². The third-order valence-corrected chi connectivity index (χ3v) is 3.79. The third kappa shape index (κ3) is 2.27. The van der Waals surface area contributed by atoms with Gasteiger partial charge in [0.25, 0.3) is 0 Å². The Morgan fingerprint density at radius 3 is 2.89 bits per heavy atom. The molecule has 0 amide bonds. The van der Waals surface area contributed by atoms with Crippen LogP contribution in [0.3, 0.4) is 0 Å². The van der Waals surface area contributed by atoms with E-state index in [0.29, 0.717) is 0 Å². The highest BCUT2D eigenvalue weighted by Gasteiger charge is 2.19. The Bertz CT molecular complexity index is 582. The zero-order chi connectivity index (χ0) is 12.5. The zero-order valence-electron chi connectivity index (χ0n) is 9.87. The maximum atomic E-state index is 13.3. The Kier molecular flexibility index (Phi) is 3.08. The number of benzene rings is 2. The van der Waals surface area contributed by atoms with Gasteiger partial charge in [-0.25, -0.2) is 4.39 Å². The first-order valence-electron chi connectivity index (χ1n) is 6.00. The van der Waals surface area contributed by atoms with Crippen LogP contribution in [-0.4, -0.2) is 6.54 Å². The highest BCUT2D eigenvalue weighted by molar-refractivity contribution is 9.10. The van der Waals surface area contributed by atoms with Gasteiger partial charge in [-0.3, -0.25) is 0 Å². The minimum atomic E-state index is -0.158. The SMILES string of the molecule is Fc1ccc2c(c1)N(Cc1cccc(Br)c1)CC2. The first-order valence-corrected chi connectivity index (χ1v) is 6.79. The molecule has 2 aromatic carbocycles. The molecule has 3 rings (SSSR count). The third-order valence-electron chi connectivity index (χ3n) is 3.30. The zero-order valence-corrected chi connectivity index (χ0v) is 11.5. The van der Waals surface area contributed by atoms with E-state index < -0.39 is 0 Å². The van der Waals surface area contributed by atoms with Crippen LogP contribution in [0.25, 0.3) is 0 Å². The van der Waals surface area contributed by atoms with E-state index in [9.17, 15) is 4.39 Å². The monoisotopic (exact) mass is 305 g/mol. The summed E-state index contributed by atoms with van der Waals surface area (Å²) >= 11 is 3.48. The van der Waals surface area contributed by atoms with Crippen molar-refractivity contribution in [2.24, 2.45) is 0 Å². The molecule has 0 saturated carbocycles. The largest absolute Gasteiger partial charge is 0.367 e. The molecule has 0 fully saturated rings. The number of rotatable bonds is 2. The number of nitrogens with zero attached hydrogens (tertiary/aromatic N) is 1. The number of fused-ring (bicyclic) bond motifs is 1. The van der Waals surface area contributed by atoms with Crippen LogP contribution in [0.15, 0.2) is 46.9 Å². The van der Waals surface area contributed by atoms with Crippen molar-refractivity contribution in [1.82, 2.24) is 0 Å². The van der Waals surface area contributed by atoms with Crippen molar-refractivity contribution in [1.29, 1.82) is 0 Å². The Morgan fingerprint density at radius 1 is 1.17 bits per heavy atom. The normalized spacial score (nSPS) is 13.8. The molecule has 1 nitrogen and oxygen atoms in total. The number of halogens is 2. The van der Waals surface area contributed by atoms with Crippen molar-refractivity contribution in [2.75, 3.05) is 11.4 Å². The molecule has 1 aliphatic heterocycles. The summed E-state index contributed by atoms with van der Waals surface area (Å²) in [5, 5.41) is 0. The second-order valence-electron chi connectivity index (χ2n) is 4.57. The molecule has 0 unspecified atom stereocenters. The standard InChI is InChI=1S/C15H13BrFN/c16-13-3-1-2-11(8-13)10-18-7-6-12-4-5-14(17)9-15(12)18/h1-5,8-9H,6-7,10H2. The predicted octanol–water partition coefficient (Wildman–Crippen LogP) is 4.15. The first kappa shape index (κ1) is 11.7. The van der Waals surface area contributed by atoms with Gasteiger partial charge in [-0.05, 0) is 41.8 Å². The maximum Gasteiger partial charge on any atom is 0.125 e. The fourth-order valence-corrected chi connectivity index (χ4v) is 2.89. The van der Waals surface area contributed by atoms with Crippen LogP contribution in [0.2, 0.25) is 0 Å². The smallest absolute Gasteiger partial charge is 0.125 e. The quantitative estimate of drug-likeness (QED) is 0.805. The molecular formula is C15H13BrFN. The minimum Gasteiger partial charge on any atom is -0.367 e. The summed E-state index contributed by atoms with van der Waals surface area (Å²) in [5.41, 5.74) is 3.52. The maximum absolute atomic E-state index is 13.3. The average Bonchev–Trinajstić information content (AvgIpc) is 2.72. The summed E-state index contributed by atoms with van der Waals surface area (Å²) in [6, 6.07) is 13.3. The summed E-state index contributed by atoms with van der Waals surface area (Å²) in [4.78, 5) is 2.24. The van der Waals surface area contributed by atoms with E-state index in [-0.39, 0.29) is 5.82 Å². The fourth-order valence-electron chi connectivity index (χ4n) is 2.44. The molecule has 0 aliphatic carbocycles. The van der Waals surface area contributed by atoms with Gasteiger partial charge in [0.2, 0.25) is 0 Å². The molecule has 3 heteroatoms. The highest BCUT2D eigenvalue weighted by Crippen LogP contribution is 2.30. The Hall–Kier alpha value is -1.35. The van der Waals surface area contributed by atoms with E-state index in [1.165, 1.54) is 11.1 Å². The van der Waals surface area contributed by atoms with Crippen molar-refractivity contribution in [3.63, 3.8) is 0 Å². The van der Waals surface area contributed by atoms with Crippen molar-refractivity contribution < 1.29 is 4.39 Å². The topological polar surface area (TPSA) is 3.24 Å². The van der Waals surface area contributed by atoms with Crippen LogP contribution in [0.4, 0.5) is 10.1 Å². The van der Waals surface area contributed by atoms with Crippen molar-refractivity contribution in [2.45, 2.75) is 13.0 Å². The number of hydrogen-bond donors (Lipinski definition) is 0. The van der Waals surface area contributed by atoms with E-state index in [1.54, 1.807) is 12.1 Å². The fraction of sp³-hybridized carbons (Fsp3) is 0.200. The highest BCUT2D eigenvalue weighted by atomic mass is 79.9. The Labute approximate surface area is 114 Å².